The molecule has 112 valence electrons. The maximum atomic E-state index is 12.5. The summed E-state index contributed by atoms with van der Waals surface area (Å²) >= 11 is 0. The van der Waals surface area contributed by atoms with Gasteiger partial charge in [0.15, 0.2) is 0 Å². The number of piperidine rings is 1. The zero-order valence-corrected chi connectivity index (χ0v) is 13.2. The van der Waals surface area contributed by atoms with Crippen molar-refractivity contribution in [3.63, 3.8) is 0 Å². The summed E-state index contributed by atoms with van der Waals surface area (Å²) < 4.78 is 0. The molecule has 0 spiro atoms. The Balaban J connectivity index is 0.00000200. The Hall–Kier alpha value is -1.06. The Bertz CT molecular complexity index is 448. The van der Waals surface area contributed by atoms with Crippen molar-refractivity contribution in [2.45, 2.75) is 51.6 Å². The highest BCUT2D eigenvalue weighted by Crippen LogP contribution is 2.20. The summed E-state index contributed by atoms with van der Waals surface area (Å²) in [6.45, 7) is 4.92. The van der Waals surface area contributed by atoms with E-state index >= 15 is 0 Å². The Morgan fingerprint density at radius 1 is 1.40 bits per heavy atom. The first-order valence-electron chi connectivity index (χ1n) is 7.19. The molecule has 1 heterocycles. The molecule has 0 bridgehead atoms. The van der Waals surface area contributed by atoms with Gasteiger partial charge in [0.2, 0.25) is 5.91 Å². The van der Waals surface area contributed by atoms with Crippen molar-refractivity contribution < 1.29 is 4.79 Å². The van der Waals surface area contributed by atoms with Crippen molar-refractivity contribution in [2.24, 2.45) is 5.73 Å². The van der Waals surface area contributed by atoms with Crippen LogP contribution in [-0.2, 0) is 11.2 Å². The van der Waals surface area contributed by atoms with Gasteiger partial charge < -0.3 is 10.6 Å². The van der Waals surface area contributed by atoms with Crippen molar-refractivity contribution in [1.82, 2.24) is 4.90 Å². The molecule has 0 radical (unpaired) electrons. The monoisotopic (exact) mass is 296 g/mol. The molecule has 1 saturated heterocycles. The number of amides is 1. The van der Waals surface area contributed by atoms with E-state index < -0.39 is 0 Å². The van der Waals surface area contributed by atoms with Crippen LogP contribution in [0.5, 0.6) is 0 Å². The lowest BCUT2D eigenvalue weighted by atomic mass is 9.95. The van der Waals surface area contributed by atoms with Crippen molar-refractivity contribution in [2.75, 3.05) is 6.54 Å². The molecule has 1 fully saturated rings. The molecule has 0 saturated carbocycles. The molecular weight excluding hydrogens is 272 g/mol. The molecule has 1 aromatic carbocycles. The van der Waals surface area contributed by atoms with E-state index in [1.165, 1.54) is 12.0 Å². The Morgan fingerprint density at radius 2 is 2.10 bits per heavy atom. The number of aryl methyl sites for hydroxylation is 1. The predicted molar refractivity (Wildman–Crippen MR) is 85.1 cm³/mol. The third kappa shape index (κ3) is 3.97. The molecule has 4 heteroatoms. The number of hydrogen-bond donors (Lipinski definition) is 1. The SMILES string of the molecule is Cc1ccccc1CC(=O)N1CCCCC1C(C)N.Cl. The lowest BCUT2D eigenvalue weighted by molar-refractivity contribution is -0.134. The fraction of sp³-hybridized carbons (Fsp3) is 0.562. The van der Waals surface area contributed by atoms with Crippen LogP contribution >= 0.6 is 12.4 Å². The molecule has 0 aromatic heterocycles. The van der Waals surface area contributed by atoms with Crippen LogP contribution < -0.4 is 5.73 Å². The third-order valence-corrected chi connectivity index (χ3v) is 4.08. The maximum Gasteiger partial charge on any atom is 0.227 e. The Morgan fingerprint density at radius 3 is 2.75 bits per heavy atom. The second-order valence-electron chi connectivity index (χ2n) is 5.61. The highest BCUT2D eigenvalue weighted by Gasteiger charge is 2.29. The number of carbonyl (C=O) groups excluding carboxylic acids is 1. The summed E-state index contributed by atoms with van der Waals surface area (Å²) in [6.07, 6.45) is 3.82. The molecule has 1 aliphatic rings. The van der Waals surface area contributed by atoms with E-state index in [1.54, 1.807) is 0 Å². The highest BCUT2D eigenvalue weighted by atomic mass is 35.5. The number of likely N-dealkylation sites (tertiary alicyclic amines) is 1. The van der Waals surface area contributed by atoms with Gasteiger partial charge in [0.25, 0.3) is 0 Å². The fourth-order valence-electron chi connectivity index (χ4n) is 2.89. The number of nitrogens with two attached hydrogens (primary N) is 1. The van der Waals surface area contributed by atoms with Crippen LogP contribution in [0, 0.1) is 6.92 Å². The third-order valence-electron chi connectivity index (χ3n) is 4.08. The fourth-order valence-corrected chi connectivity index (χ4v) is 2.89. The standard InChI is InChI=1S/C16H24N2O.ClH/c1-12-7-3-4-8-14(12)11-16(19)18-10-6-5-9-15(18)13(2)17;/h3-4,7-8,13,15H,5-6,9-11,17H2,1-2H3;1H. The first kappa shape index (κ1) is 17.0. The van der Waals surface area contributed by atoms with Gasteiger partial charge in [-0.1, -0.05) is 24.3 Å². The summed E-state index contributed by atoms with van der Waals surface area (Å²) in [5.74, 6) is 0.219. The second-order valence-corrected chi connectivity index (χ2v) is 5.61. The van der Waals surface area contributed by atoms with Crippen molar-refractivity contribution in [3.05, 3.63) is 35.4 Å². The van der Waals surface area contributed by atoms with Gasteiger partial charge in [-0.05, 0) is 44.2 Å². The predicted octanol–water partition coefficient (Wildman–Crippen LogP) is 2.69. The molecule has 20 heavy (non-hydrogen) atoms. The number of carbonyl (C=O) groups is 1. The van der Waals surface area contributed by atoms with Gasteiger partial charge >= 0.3 is 0 Å². The largest absolute Gasteiger partial charge is 0.338 e. The smallest absolute Gasteiger partial charge is 0.227 e. The molecule has 1 amide bonds. The average molecular weight is 297 g/mol. The molecule has 1 aliphatic heterocycles. The maximum absolute atomic E-state index is 12.5. The second kappa shape index (κ2) is 7.65. The Labute approximate surface area is 127 Å². The van der Waals surface area contributed by atoms with Gasteiger partial charge in [0, 0.05) is 18.6 Å². The molecule has 3 nitrogen and oxygen atoms in total. The quantitative estimate of drug-likeness (QED) is 0.932. The number of rotatable bonds is 3. The lowest BCUT2D eigenvalue weighted by Crippen LogP contribution is -2.52. The van der Waals surface area contributed by atoms with Gasteiger partial charge in [-0.15, -0.1) is 12.4 Å². The summed E-state index contributed by atoms with van der Waals surface area (Å²) in [7, 11) is 0. The van der Waals surface area contributed by atoms with Crippen LogP contribution in [0.2, 0.25) is 0 Å². The van der Waals surface area contributed by atoms with Gasteiger partial charge in [0.05, 0.1) is 6.42 Å². The summed E-state index contributed by atoms with van der Waals surface area (Å²) in [5.41, 5.74) is 8.34. The first-order valence-corrected chi connectivity index (χ1v) is 7.19. The Kier molecular flexibility index (Phi) is 6.50. The van der Waals surface area contributed by atoms with E-state index in [0.29, 0.717) is 6.42 Å². The van der Waals surface area contributed by atoms with Gasteiger partial charge in [-0.2, -0.15) is 0 Å². The summed E-state index contributed by atoms with van der Waals surface area (Å²) in [6, 6.07) is 8.37. The van der Waals surface area contributed by atoms with Crippen LogP contribution in [0.3, 0.4) is 0 Å². The van der Waals surface area contributed by atoms with Gasteiger partial charge in [0.1, 0.15) is 0 Å². The average Bonchev–Trinajstić information content (AvgIpc) is 2.41. The molecular formula is C16H25ClN2O. The van der Waals surface area contributed by atoms with E-state index in [1.807, 2.05) is 30.0 Å². The van der Waals surface area contributed by atoms with Crippen molar-refractivity contribution in [3.8, 4) is 0 Å². The number of halogens is 1. The minimum absolute atomic E-state index is 0. The minimum Gasteiger partial charge on any atom is -0.338 e. The lowest BCUT2D eigenvalue weighted by Gasteiger charge is -2.38. The number of benzene rings is 1. The molecule has 1 aromatic rings. The van der Waals surface area contributed by atoms with E-state index in [2.05, 4.69) is 13.0 Å². The highest BCUT2D eigenvalue weighted by molar-refractivity contribution is 5.85. The molecule has 2 unspecified atom stereocenters. The van der Waals surface area contributed by atoms with Gasteiger partial charge in [-0.25, -0.2) is 0 Å². The van der Waals surface area contributed by atoms with Crippen LogP contribution in [0.4, 0.5) is 0 Å². The molecule has 2 N–H and O–H groups in total. The molecule has 0 aliphatic carbocycles. The normalized spacial score (nSPS) is 20.1. The summed E-state index contributed by atoms with van der Waals surface area (Å²) in [4.78, 5) is 14.5. The minimum atomic E-state index is 0. The van der Waals surface area contributed by atoms with Crippen LogP contribution in [0.1, 0.15) is 37.3 Å². The van der Waals surface area contributed by atoms with E-state index in [9.17, 15) is 4.79 Å². The first-order chi connectivity index (χ1) is 9.09. The van der Waals surface area contributed by atoms with Crippen LogP contribution in [0.15, 0.2) is 24.3 Å². The topological polar surface area (TPSA) is 46.3 Å². The van der Waals surface area contributed by atoms with Gasteiger partial charge in [-0.3, -0.25) is 4.79 Å². The van der Waals surface area contributed by atoms with E-state index in [0.717, 1.165) is 24.9 Å². The number of nitrogens with zero attached hydrogens (tertiary/aromatic N) is 1. The zero-order chi connectivity index (χ0) is 13.8. The zero-order valence-electron chi connectivity index (χ0n) is 12.3. The van der Waals surface area contributed by atoms with E-state index in [4.69, 9.17) is 5.73 Å². The van der Waals surface area contributed by atoms with Crippen molar-refractivity contribution >= 4 is 18.3 Å². The number of hydrogen-bond acceptors (Lipinski definition) is 2. The van der Waals surface area contributed by atoms with Crippen LogP contribution in [-0.4, -0.2) is 29.4 Å². The molecule has 2 atom stereocenters. The molecule has 2 rings (SSSR count). The van der Waals surface area contributed by atoms with Crippen LogP contribution in [0.25, 0.3) is 0 Å². The van der Waals surface area contributed by atoms with E-state index in [-0.39, 0.29) is 30.4 Å². The summed E-state index contributed by atoms with van der Waals surface area (Å²) in [5, 5.41) is 0. The van der Waals surface area contributed by atoms with Crippen molar-refractivity contribution in [1.29, 1.82) is 0 Å².